The molecule has 0 fully saturated rings. The van der Waals surface area contributed by atoms with Crippen molar-refractivity contribution < 1.29 is 13.2 Å². The summed E-state index contributed by atoms with van der Waals surface area (Å²) in [5, 5.41) is 11.6. The van der Waals surface area contributed by atoms with Crippen molar-refractivity contribution in [3.05, 3.63) is 53.5 Å². The lowest BCUT2D eigenvalue weighted by Crippen LogP contribution is -2.11. The molecule has 0 aliphatic rings. The lowest BCUT2D eigenvalue weighted by molar-refractivity contribution is -0.141. The first-order valence-electron chi connectivity index (χ1n) is 5.62. The number of nitriles is 1. The van der Waals surface area contributed by atoms with Gasteiger partial charge in [-0.2, -0.15) is 18.4 Å². The Morgan fingerprint density at radius 3 is 2.65 bits per heavy atom. The van der Waals surface area contributed by atoms with Crippen LogP contribution in [0.5, 0.6) is 0 Å². The summed E-state index contributed by atoms with van der Waals surface area (Å²) >= 11 is 0. The Morgan fingerprint density at radius 1 is 1.25 bits per heavy atom. The molecule has 0 saturated carbocycles. The van der Waals surface area contributed by atoms with Crippen LogP contribution in [0.1, 0.15) is 16.8 Å². The first kappa shape index (κ1) is 13.8. The molecule has 20 heavy (non-hydrogen) atoms. The van der Waals surface area contributed by atoms with Crippen molar-refractivity contribution in [2.75, 3.05) is 5.32 Å². The summed E-state index contributed by atoms with van der Waals surface area (Å²) < 4.78 is 37.8. The van der Waals surface area contributed by atoms with Crippen LogP contribution < -0.4 is 5.32 Å². The van der Waals surface area contributed by atoms with E-state index < -0.39 is 11.9 Å². The predicted molar refractivity (Wildman–Crippen MR) is 65.5 cm³/mol. The van der Waals surface area contributed by atoms with Crippen molar-refractivity contribution in [1.29, 1.82) is 5.26 Å². The van der Waals surface area contributed by atoms with Crippen molar-refractivity contribution in [1.82, 2.24) is 9.97 Å². The average Bonchev–Trinajstić information content (AvgIpc) is 2.45. The number of pyridine rings is 2. The number of alkyl halides is 3. The molecule has 2 aromatic rings. The Balaban J connectivity index is 2.24. The van der Waals surface area contributed by atoms with Crippen molar-refractivity contribution in [2.24, 2.45) is 0 Å². The highest BCUT2D eigenvalue weighted by molar-refractivity contribution is 5.52. The van der Waals surface area contributed by atoms with Crippen LogP contribution in [0.2, 0.25) is 0 Å². The van der Waals surface area contributed by atoms with Gasteiger partial charge in [-0.3, -0.25) is 4.98 Å². The van der Waals surface area contributed by atoms with E-state index in [0.29, 0.717) is 0 Å². The summed E-state index contributed by atoms with van der Waals surface area (Å²) in [4.78, 5) is 7.34. The van der Waals surface area contributed by atoms with E-state index in [4.69, 9.17) is 5.26 Å². The van der Waals surface area contributed by atoms with Crippen molar-refractivity contribution in [3.63, 3.8) is 0 Å². The molecular formula is C13H9F3N4. The molecule has 0 unspecified atom stereocenters. The minimum Gasteiger partial charge on any atom is -0.365 e. The number of nitrogens with one attached hydrogen (secondary N) is 1. The number of aromatic nitrogens is 2. The number of hydrogen-bond acceptors (Lipinski definition) is 4. The Hall–Kier alpha value is -2.62. The summed E-state index contributed by atoms with van der Waals surface area (Å²) in [6, 6.07) is 7.16. The molecule has 0 amide bonds. The fraction of sp³-hybridized carbons (Fsp3) is 0.154. The third-order valence-corrected chi connectivity index (χ3v) is 2.49. The fourth-order valence-corrected chi connectivity index (χ4v) is 1.53. The first-order valence-corrected chi connectivity index (χ1v) is 5.62. The fourth-order valence-electron chi connectivity index (χ4n) is 1.53. The van der Waals surface area contributed by atoms with Gasteiger partial charge in [0.15, 0.2) is 0 Å². The van der Waals surface area contributed by atoms with Crippen molar-refractivity contribution >= 4 is 5.82 Å². The molecule has 0 bridgehead atoms. The van der Waals surface area contributed by atoms with Crippen LogP contribution in [-0.4, -0.2) is 9.97 Å². The normalized spacial score (nSPS) is 10.9. The van der Waals surface area contributed by atoms with E-state index in [-0.39, 0.29) is 17.9 Å². The van der Waals surface area contributed by atoms with Gasteiger partial charge in [0.25, 0.3) is 0 Å². The Bertz CT molecular complexity index is 632. The van der Waals surface area contributed by atoms with Crippen LogP contribution in [0, 0.1) is 11.3 Å². The molecule has 0 aromatic carbocycles. The maximum absolute atomic E-state index is 12.6. The van der Waals surface area contributed by atoms with Crippen LogP contribution in [-0.2, 0) is 12.7 Å². The van der Waals surface area contributed by atoms with Gasteiger partial charge in [0.05, 0.1) is 5.56 Å². The Morgan fingerprint density at radius 2 is 2.05 bits per heavy atom. The standard InChI is InChI=1S/C13H9F3N4/c14-13(15,16)11-4-3-10(6-17)12(20-11)19-8-9-2-1-5-18-7-9/h1-5,7H,8H2,(H,19,20). The number of rotatable bonds is 3. The molecule has 102 valence electrons. The van der Waals surface area contributed by atoms with Gasteiger partial charge in [0.2, 0.25) is 0 Å². The van der Waals surface area contributed by atoms with Crippen LogP contribution >= 0.6 is 0 Å². The molecule has 2 aromatic heterocycles. The number of hydrogen-bond donors (Lipinski definition) is 1. The monoisotopic (exact) mass is 278 g/mol. The lowest BCUT2D eigenvalue weighted by Gasteiger charge is -2.11. The van der Waals surface area contributed by atoms with Gasteiger partial charge in [-0.1, -0.05) is 6.07 Å². The highest BCUT2D eigenvalue weighted by Crippen LogP contribution is 2.29. The number of anilines is 1. The van der Waals surface area contributed by atoms with Crippen LogP contribution in [0.15, 0.2) is 36.7 Å². The SMILES string of the molecule is N#Cc1ccc(C(F)(F)F)nc1NCc1cccnc1. The number of nitrogens with zero attached hydrogens (tertiary/aromatic N) is 3. The summed E-state index contributed by atoms with van der Waals surface area (Å²) in [5.74, 6) is -0.0915. The summed E-state index contributed by atoms with van der Waals surface area (Å²) in [7, 11) is 0. The molecule has 0 radical (unpaired) electrons. The van der Waals surface area contributed by atoms with E-state index in [0.717, 1.165) is 17.7 Å². The maximum atomic E-state index is 12.6. The van der Waals surface area contributed by atoms with Crippen molar-refractivity contribution in [2.45, 2.75) is 12.7 Å². The molecule has 0 aliphatic heterocycles. The smallest absolute Gasteiger partial charge is 0.365 e. The minimum absolute atomic E-state index is 0.0573. The molecule has 4 nitrogen and oxygen atoms in total. The zero-order chi connectivity index (χ0) is 14.6. The third kappa shape index (κ3) is 3.23. The van der Waals surface area contributed by atoms with Gasteiger partial charge in [-0.05, 0) is 23.8 Å². The predicted octanol–water partition coefficient (Wildman–Crippen LogP) is 2.98. The highest BCUT2D eigenvalue weighted by atomic mass is 19.4. The molecule has 7 heteroatoms. The first-order chi connectivity index (χ1) is 9.50. The topological polar surface area (TPSA) is 61.6 Å². The van der Waals surface area contributed by atoms with E-state index in [2.05, 4.69) is 15.3 Å². The van der Waals surface area contributed by atoms with E-state index in [1.165, 1.54) is 0 Å². The van der Waals surface area contributed by atoms with Gasteiger partial charge < -0.3 is 5.32 Å². The van der Waals surface area contributed by atoms with Crippen molar-refractivity contribution in [3.8, 4) is 6.07 Å². The van der Waals surface area contributed by atoms with Gasteiger partial charge in [0, 0.05) is 18.9 Å². The van der Waals surface area contributed by atoms with Gasteiger partial charge in [-0.25, -0.2) is 4.98 Å². The second-order valence-electron chi connectivity index (χ2n) is 3.92. The quantitative estimate of drug-likeness (QED) is 0.937. The molecular weight excluding hydrogens is 269 g/mol. The van der Waals surface area contributed by atoms with Crippen LogP contribution in [0.3, 0.4) is 0 Å². The van der Waals surface area contributed by atoms with E-state index in [9.17, 15) is 13.2 Å². The summed E-state index contributed by atoms with van der Waals surface area (Å²) in [6.45, 7) is 0.233. The van der Waals surface area contributed by atoms with Gasteiger partial charge in [-0.15, -0.1) is 0 Å². The molecule has 2 heterocycles. The Kier molecular flexibility index (Phi) is 3.84. The largest absolute Gasteiger partial charge is 0.433 e. The Labute approximate surface area is 112 Å². The second-order valence-corrected chi connectivity index (χ2v) is 3.92. The van der Waals surface area contributed by atoms with E-state index in [1.807, 2.05) is 0 Å². The average molecular weight is 278 g/mol. The maximum Gasteiger partial charge on any atom is 0.433 e. The van der Waals surface area contributed by atoms with Gasteiger partial charge >= 0.3 is 6.18 Å². The molecule has 0 saturated heterocycles. The molecule has 1 N–H and O–H groups in total. The second kappa shape index (κ2) is 5.57. The van der Waals surface area contributed by atoms with E-state index >= 15 is 0 Å². The summed E-state index contributed by atoms with van der Waals surface area (Å²) in [5.41, 5.74) is -0.206. The third-order valence-electron chi connectivity index (χ3n) is 2.49. The van der Waals surface area contributed by atoms with Gasteiger partial charge in [0.1, 0.15) is 17.6 Å². The molecule has 0 spiro atoms. The summed E-state index contributed by atoms with van der Waals surface area (Å²) in [6.07, 6.45) is -1.38. The number of halogens is 3. The minimum atomic E-state index is -4.54. The molecule has 0 aliphatic carbocycles. The van der Waals surface area contributed by atoms with Crippen LogP contribution in [0.25, 0.3) is 0 Å². The zero-order valence-electron chi connectivity index (χ0n) is 10.1. The zero-order valence-corrected chi connectivity index (χ0v) is 10.1. The molecule has 2 rings (SSSR count). The van der Waals surface area contributed by atoms with E-state index in [1.54, 1.807) is 30.6 Å². The lowest BCUT2D eigenvalue weighted by atomic mass is 10.2. The molecule has 0 atom stereocenters. The van der Waals surface area contributed by atoms with Crippen LogP contribution in [0.4, 0.5) is 19.0 Å². The highest BCUT2D eigenvalue weighted by Gasteiger charge is 2.33.